The van der Waals surface area contributed by atoms with E-state index in [9.17, 15) is 14.7 Å². The molecule has 33 heavy (non-hydrogen) atoms. The molecule has 2 unspecified atom stereocenters. The number of carbonyl (C=O) groups excluding carboxylic acids is 2. The van der Waals surface area contributed by atoms with E-state index < -0.39 is 11.0 Å². The Morgan fingerprint density at radius 1 is 1.33 bits per heavy atom. The Bertz CT molecular complexity index is 921. The van der Waals surface area contributed by atoms with Crippen LogP contribution in [0.25, 0.3) is 6.20 Å². The molecule has 5 rings (SSSR count). The van der Waals surface area contributed by atoms with Crippen molar-refractivity contribution in [2.75, 3.05) is 6.61 Å². The molecule has 2 amide bonds. The summed E-state index contributed by atoms with van der Waals surface area (Å²) in [6.45, 7) is 7.96. The molecule has 1 aromatic rings. The van der Waals surface area contributed by atoms with Gasteiger partial charge in [0, 0.05) is 12.2 Å². The van der Waals surface area contributed by atoms with Gasteiger partial charge in [-0.1, -0.05) is 19.9 Å². The predicted octanol–water partition coefficient (Wildman–Crippen LogP) is 2.07. The number of aromatic nitrogens is 2. The Morgan fingerprint density at radius 3 is 2.58 bits per heavy atom. The zero-order chi connectivity index (χ0) is 24.0. The van der Waals surface area contributed by atoms with Gasteiger partial charge in [0.25, 0.3) is 5.91 Å². The number of nitrogens with zero attached hydrogens (tertiary/aromatic N) is 2. The largest absolute Gasteiger partial charge is 0.477 e. The lowest BCUT2D eigenvalue weighted by molar-refractivity contribution is -0.137. The minimum Gasteiger partial charge on any atom is -0.477 e. The maximum atomic E-state index is 13.3. The van der Waals surface area contributed by atoms with E-state index >= 15 is 0 Å². The second-order valence-corrected chi connectivity index (χ2v) is 11.2. The highest BCUT2D eigenvalue weighted by molar-refractivity contribution is 5.96. The van der Waals surface area contributed by atoms with Crippen LogP contribution in [-0.4, -0.2) is 45.0 Å². The Labute approximate surface area is 195 Å². The smallest absolute Gasteiger partial charge is 0.258 e. The molecule has 0 aliphatic heterocycles. The normalized spacial score (nSPS) is 30.8. The molecular formula is C24H37N5O4. The third-order valence-corrected chi connectivity index (χ3v) is 7.44. The first-order valence-corrected chi connectivity index (χ1v) is 12.0. The summed E-state index contributed by atoms with van der Waals surface area (Å²) in [5, 5.41) is 18.4. The molecule has 4 aliphatic carbocycles. The Hall–Kier alpha value is -2.39. The van der Waals surface area contributed by atoms with E-state index in [0.717, 1.165) is 32.1 Å². The second kappa shape index (κ2) is 8.76. The molecular weight excluding hydrogens is 422 g/mol. The van der Waals surface area contributed by atoms with Crippen LogP contribution in [0.3, 0.4) is 0 Å². The van der Waals surface area contributed by atoms with Crippen LogP contribution in [0.5, 0.6) is 5.88 Å². The first-order valence-electron chi connectivity index (χ1n) is 12.0. The van der Waals surface area contributed by atoms with Crippen molar-refractivity contribution in [1.29, 1.82) is 0 Å². The fraction of sp³-hybridized carbons (Fsp3) is 0.708. The fourth-order valence-corrected chi connectivity index (χ4v) is 5.97. The van der Waals surface area contributed by atoms with E-state index in [-0.39, 0.29) is 23.8 Å². The highest BCUT2D eigenvalue weighted by atomic mass is 16.5. The number of nitrogens with two attached hydrogens (primary N) is 1. The molecule has 2 atom stereocenters. The summed E-state index contributed by atoms with van der Waals surface area (Å²) in [5.41, 5.74) is 1.13. The summed E-state index contributed by atoms with van der Waals surface area (Å²) in [7, 11) is 0. The quantitative estimate of drug-likeness (QED) is 0.267. The number of carbonyl (C=O) groups is 2. The van der Waals surface area contributed by atoms with Gasteiger partial charge in [0.15, 0.2) is 0 Å². The molecule has 0 aromatic carbocycles. The lowest BCUT2D eigenvalue weighted by atomic mass is 9.52. The summed E-state index contributed by atoms with van der Waals surface area (Å²) < 4.78 is 7.48. The van der Waals surface area contributed by atoms with E-state index in [1.807, 2.05) is 13.8 Å². The summed E-state index contributed by atoms with van der Waals surface area (Å²) in [6, 6.07) is 0.0679. The molecule has 1 heterocycles. The van der Waals surface area contributed by atoms with Gasteiger partial charge >= 0.3 is 0 Å². The van der Waals surface area contributed by atoms with E-state index in [0.29, 0.717) is 35.8 Å². The minimum atomic E-state index is -0.862. The van der Waals surface area contributed by atoms with E-state index in [1.165, 1.54) is 10.9 Å². The van der Waals surface area contributed by atoms with Gasteiger partial charge in [-0.25, -0.2) is 10.5 Å². The van der Waals surface area contributed by atoms with E-state index in [1.54, 1.807) is 26.1 Å². The lowest BCUT2D eigenvalue weighted by Gasteiger charge is -2.58. The summed E-state index contributed by atoms with van der Waals surface area (Å²) in [5.74, 6) is 6.55. The zero-order valence-corrected chi connectivity index (χ0v) is 20.0. The van der Waals surface area contributed by atoms with Gasteiger partial charge in [-0.2, -0.15) is 5.10 Å². The Kier molecular flexibility index (Phi) is 6.30. The molecule has 9 nitrogen and oxygen atoms in total. The van der Waals surface area contributed by atoms with E-state index in [2.05, 4.69) is 15.8 Å². The van der Waals surface area contributed by atoms with Crippen molar-refractivity contribution in [3.8, 4) is 5.88 Å². The Balaban J connectivity index is 1.54. The summed E-state index contributed by atoms with van der Waals surface area (Å²) in [6.07, 6.45) is 9.39. The highest BCUT2D eigenvalue weighted by Crippen LogP contribution is 2.55. The number of hydrogen-bond acceptors (Lipinski definition) is 6. The van der Waals surface area contributed by atoms with Crippen molar-refractivity contribution in [1.82, 2.24) is 20.5 Å². The van der Waals surface area contributed by atoms with Crippen LogP contribution in [0.15, 0.2) is 12.3 Å². The number of ether oxygens (including phenoxy) is 1. The van der Waals surface area contributed by atoms with Gasteiger partial charge < -0.3 is 15.2 Å². The van der Waals surface area contributed by atoms with Gasteiger partial charge in [0.1, 0.15) is 5.56 Å². The number of aliphatic hydroxyl groups is 1. The first-order chi connectivity index (χ1) is 15.5. The minimum absolute atomic E-state index is 0.0679. The van der Waals surface area contributed by atoms with Gasteiger partial charge in [-0.15, -0.1) is 0 Å². The molecule has 5 N–H and O–H groups in total. The monoisotopic (exact) mass is 459 g/mol. The summed E-state index contributed by atoms with van der Waals surface area (Å²) in [4.78, 5) is 25.3. The van der Waals surface area contributed by atoms with Crippen molar-refractivity contribution in [2.24, 2.45) is 34.9 Å². The topological polar surface area (TPSA) is 132 Å². The zero-order valence-electron chi connectivity index (χ0n) is 20.0. The molecule has 1 aromatic heterocycles. The van der Waals surface area contributed by atoms with Crippen molar-refractivity contribution in [3.63, 3.8) is 0 Å². The average Bonchev–Trinajstić information content (AvgIpc) is 3.14. The van der Waals surface area contributed by atoms with Crippen molar-refractivity contribution in [3.05, 3.63) is 17.8 Å². The maximum Gasteiger partial charge on any atom is 0.258 e. The molecule has 4 bridgehead atoms. The summed E-state index contributed by atoms with van der Waals surface area (Å²) >= 11 is 0. The number of hydrazine groups is 1. The van der Waals surface area contributed by atoms with Crippen molar-refractivity contribution >= 4 is 18.0 Å². The number of nitrogens with one attached hydrogen (secondary N) is 2. The van der Waals surface area contributed by atoms with Crippen LogP contribution in [0.4, 0.5) is 0 Å². The SMILES string of the molecule is CC(C)COc1c(C(=O)N[C@H]2C3CC4CC2C[C@](O)(C4)C3)cnn1/C=C/C(C)(C)C(=O)NN. The molecule has 182 valence electrons. The van der Waals surface area contributed by atoms with Crippen LogP contribution < -0.4 is 21.3 Å². The van der Waals surface area contributed by atoms with Crippen molar-refractivity contribution < 1.29 is 19.4 Å². The van der Waals surface area contributed by atoms with Gasteiger partial charge in [-0.05, 0) is 69.6 Å². The Morgan fingerprint density at radius 2 is 2.00 bits per heavy atom. The van der Waals surface area contributed by atoms with Crippen LogP contribution in [0.1, 0.15) is 70.2 Å². The third kappa shape index (κ3) is 4.80. The van der Waals surface area contributed by atoms with Crippen molar-refractivity contribution in [2.45, 2.75) is 71.4 Å². The van der Waals surface area contributed by atoms with Gasteiger partial charge in [-0.3, -0.25) is 15.0 Å². The van der Waals surface area contributed by atoms with Crippen LogP contribution in [-0.2, 0) is 4.79 Å². The van der Waals surface area contributed by atoms with Crippen LogP contribution >= 0.6 is 0 Å². The van der Waals surface area contributed by atoms with Crippen LogP contribution in [0, 0.1) is 29.1 Å². The van der Waals surface area contributed by atoms with E-state index in [4.69, 9.17) is 10.6 Å². The third-order valence-electron chi connectivity index (χ3n) is 7.44. The molecule has 0 saturated heterocycles. The first kappa shape index (κ1) is 23.8. The molecule has 0 radical (unpaired) electrons. The average molecular weight is 460 g/mol. The molecule has 4 aliphatic rings. The van der Waals surface area contributed by atoms with Gasteiger partial charge in [0.2, 0.25) is 11.8 Å². The van der Waals surface area contributed by atoms with Gasteiger partial charge in [0.05, 0.1) is 23.8 Å². The lowest BCUT2D eigenvalue weighted by Crippen LogP contribution is -2.61. The maximum absolute atomic E-state index is 13.3. The predicted molar refractivity (Wildman–Crippen MR) is 124 cm³/mol. The fourth-order valence-electron chi connectivity index (χ4n) is 5.97. The van der Waals surface area contributed by atoms with Crippen LogP contribution in [0.2, 0.25) is 0 Å². The highest BCUT2D eigenvalue weighted by Gasteiger charge is 2.55. The number of hydrogen-bond donors (Lipinski definition) is 4. The standard InChI is InChI=1S/C24H37N5O4/c1-14(2)13-33-21-18(12-26-29(21)6-5-23(3,4)22(31)28-25)20(30)27-19-16-7-15-8-17(19)11-24(32,9-15)10-16/h5-6,12,14-17,19,32H,7-11,13,25H2,1-4H3,(H,27,30)(H,28,31)/b6-5+/t15?,16?,17?,19-,24-. The number of rotatable bonds is 8. The second-order valence-electron chi connectivity index (χ2n) is 11.2. The molecule has 9 heteroatoms. The molecule has 4 saturated carbocycles. The molecule has 4 fully saturated rings. The molecule has 0 spiro atoms. The number of amides is 2.